The molecule has 0 aliphatic carbocycles. The van der Waals surface area contributed by atoms with Gasteiger partial charge >= 0.3 is 0 Å². The highest BCUT2D eigenvalue weighted by Crippen LogP contribution is 2.31. The van der Waals surface area contributed by atoms with Gasteiger partial charge in [-0.05, 0) is 61.4 Å². The number of rotatable bonds is 5. The first-order chi connectivity index (χ1) is 11.9. The fourth-order valence-corrected chi connectivity index (χ4v) is 3.01. The summed E-state index contributed by atoms with van der Waals surface area (Å²) in [5.41, 5.74) is 3.65. The molecular formula is C19H23N5O. The van der Waals surface area contributed by atoms with Crippen molar-refractivity contribution >= 4 is 5.69 Å². The highest BCUT2D eigenvalue weighted by Gasteiger charge is 2.29. The maximum atomic E-state index is 5.44. The molecule has 2 aromatic carbocycles. The summed E-state index contributed by atoms with van der Waals surface area (Å²) < 4.78 is 7.25. The van der Waals surface area contributed by atoms with Gasteiger partial charge in [0.1, 0.15) is 5.75 Å². The number of hydrogen-bond acceptors (Lipinski definition) is 5. The summed E-state index contributed by atoms with van der Waals surface area (Å²) in [6, 6.07) is 14.0. The number of hydrogen-bond donors (Lipinski definition) is 1. The van der Waals surface area contributed by atoms with E-state index in [2.05, 4.69) is 60.7 Å². The van der Waals surface area contributed by atoms with Crippen LogP contribution in [0, 0.1) is 13.8 Å². The minimum atomic E-state index is -0.507. The minimum Gasteiger partial charge on any atom is -0.495 e. The van der Waals surface area contributed by atoms with E-state index in [1.54, 1.807) is 7.11 Å². The predicted molar refractivity (Wildman–Crippen MR) is 98.3 cm³/mol. The third-order valence-corrected chi connectivity index (χ3v) is 4.23. The number of benzene rings is 2. The molecule has 6 nitrogen and oxygen atoms in total. The summed E-state index contributed by atoms with van der Waals surface area (Å²) in [5, 5.41) is 16.0. The summed E-state index contributed by atoms with van der Waals surface area (Å²) >= 11 is 0. The van der Waals surface area contributed by atoms with Crippen LogP contribution in [-0.4, -0.2) is 27.3 Å². The Bertz CT molecular complexity index is 865. The molecule has 6 heteroatoms. The monoisotopic (exact) mass is 337 g/mol. The van der Waals surface area contributed by atoms with E-state index in [-0.39, 0.29) is 0 Å². The van der Waals surface area contributed by atoms with Crippen molar-refractivity contribution in [3.8, 4) is 11.4 Å². The molecule has 130 valence electrons. The number of ether oxygens (including phenoxy) is 1. The number of nitrogens with zero attached hydrogens (tertiary/aromatic N) is 4. The zero-order valence-corrected chi connectivity index (χ0v) is 15.2. The van der Waals surface area contributed by atoms with Crippen LogP contribution in [0.25, 0.3) is 5.69 Å². The standard InChI is InChI=1S/C19H23N5O/c1-13-9-8-10-14(2)17(13)24-18(21-22-23-24)19(3,4)20-15-11-6-7-12-16(15)25-5/h6-12,20H,1-5H3. The summed E-state index contributed by atoms with van der Waals surface area (Å²) in [5.74, 6) is 1.51. The van der Waals surface area contributed by atoms with Crippen LogP contribution in [0.1, 0.15) is 30.8 Å². The molecule has 0 atom stereocenters. The van der Waals surface area contributed by atoms with Crippen molar-refractivity contribution in [2.24, 2.45) is 0 Å². The quantitative estimate of drug-likeness (QED) is 0.770. The molecule has 0 spiro atoms. The number of methoxy groups -OCH3 is 1. The summed E-state index contributed by atoms with van der Waals surface area (Å²) in [6.45, 7) is 8.23. The summed E-state index contributed by atoms with van der Waals surface area (Å²) in [4.78, 5) is 0. The van der Waals surface area contributed by atoms with Gasteiger partial charge < -0.3 is 10.1 Å². The average molecular weight is 337 g/mol. The molecule has 3 rings (SSSR count). The van der Waals surface area contributed by atoms with Crippen LogP contribution in [0.3, 0.4) is 0 Å². The first-order valence-electron chi connectivity index (χ1n) is 8.20. The molecule has 0 saturated carbocycles. The molecule has 0 fully saturated rings. The topological polar surface area (TPSA) is 64.9 Å². The maximum absolute atomic E-state index is 5.44. The van der Waals surface area contributed by atoms with Crippen molar-refractivity contribution in [3.63, 3.8) is 0 Å². The van der Waals surface area contributed by atoms with Gasteiger partial charge in [-0.15, -0.1) is 5.10 Å². The molecule has 0 unspecified atom stereocenters. The van der Waals surface area contributed by atoms with Crippen LogP contribution < -0.4 is 10.1 Å². The molecule has 0 radical (unpaired) electrons. The van der Waals surface area contributed by atoms with E-state index in [9.17, 15) is 0 Å². The van der Waals surface area contributed by atoms with Crippen molar-refractivity contribution in [2.45, 2.75) is 33.2 Å². The van der Waals surface area contributed by atoms with E-state index in [0.29, 0.717) is 0 Å². The van der Waals surface area contributed by atoms with E-state index in [1.165, 1.54) is 0 Å². The Morgan fingerprint density at radius 1 is 1.00 bits per heavy atom. The molecule has 1 N–H and O–H groups in total. The van der Waals surface area contributed by atoms with Gasteiger partial charge in [0.15, 0.2) is 5.82 Å². The lowest BCUT2D eigenvalue weighted by molar-refractivity contribution is 0.414. The van der Waals surface area contributed by atoms with Gasteiger partial charge in [0.25, 0.3) is 0 Å². The van der Waals surface area contributed by atoms with Crippen molar-refractivity contribution in [1.29, 1.82) is 0 Å². The van der Waals surface area contributed by atoms with Crippen molar-refractivity contribution < 1.29 is 4.74 Å². The largest absolute Gasteiger partial charge is 0.495 e. The molecule has 0 bridgehead atoms. The second-order valence-corrected chi connectivity index (χ2v) is 6.60. The SMILES string of the molecule is COc1ccccc1NC(C)(C)c1nnnn1-c1c(C)cccc1C. The lowest BCUT2D eigenvalue weighted by Crippen LogP contribution is -2.32. The molecule has 0 aliphatic heterocycles. The highest BCUT2D eigenvalue weighted by molar-refractivity contribution is 5.58. The Morgan fingerprint density at radius 3 is 2.36 bits per heavy atom. The summed E-state index contributed by atoms with van der Waals surface area (Å²) in [6.07, 6.45) is 0. The van der Waals surface area contributed by atoms with Gasteiger partial charge in [-0.1, -0.05) is 30.3 Å². The van der Waals surface area contributed by atoms with Gasteiger partial charge in [0.2, 0.25) is 0 Å². The maximum Gasteiger partial charge on any atom is 0.181 e. The van der Waals surface area contributed by atoms with Gasteiger partial charge in [-0.2, -0.15) is 4.68 Å². The lowest BCUT2D eigenvalue weighted by atomic mass is 10.0. The lowest BCUT2D eigenvalue weighted by Gasteiger charge is -2.27. The molecule has 1 heterocycles. The fraction of sp³-hybridized carbons (Fsp3) is 0.316. The van der Waals surface area contributed by atoms with Crippen LogP contribution >= 0.6 is 0 Å². The molecule has 0 saturated heterocycles. The van der Waals surface area contributed by atoms with Crippen molar-refractivity contribution in [1.82, 2.24) is 20.2 Å². The molecule has 1 aromatic heterocycles. The molecule has 0 amide bonds. The molecule has 3 aromatic rings. The van der Waals surface area contributed by atoms with Crippen LogP contribution in [0.5, 0.6) is 5.75 Å². The Morgan fingerprint density at radius 2 is 1.68 bits per heavy atom. The second-order valence-electron chi connectivity index (χ2n) is 6.60. The van der Waals surface area contributed by atoms with Crippen molar-refractivity contribution in [2.75, 3.05) is 12.4 Å². The van der Waals surface area contributed by atoms with E-state index in [0.717, 1.165) is 34.1 Å². The van der Waals surface area contributed by atoms with Crippen molar-refractivity contribution in [3.05, 3.63) is 59.4 Å². The molecule has 0 aliphatic rings. The zero-order valence-electron chi connectivity index (χ0n) is 15.2. The number of para-hydroxylation sites is 3. The van der Waals surface area contributed by atoms with Crippen LogP contribution in [0.2, 0.25) is 0 Å². The minimum absolute atomic E-state index is 0.507. The number of anilines is 1. The third kappa shape index (κ3) is 3.20. The summed E-state index contributed by atoms with van der Waals surface area (Å²) in [7, 11) is 1.66. The van der Waals surface area contributed by atoms with E-state index < -0.39 is 5.54 Å². The average Bonchev–Trinajstić information content (AvgIpc) is 3.05. The van der Waals surface area contributed by atoms with Gasteiger partial charge in [-0.25, -0.2) is 0 Å². The fourth-order valence-electron chi connectivity index (χ4n) is 3.01. The van der Waals surface area contributed by atoms with Crippen LogP contribution in [0.4, 0.5) is 5.69 Å². The first kappa shape index (κ1) is 17.0. The van der Waals surface area contributed by atoms with Crippen LogP contribution in [0.15, 0.2) is 42.5 Å². The molecular weight excluding hydrogens is 314 g/mol. The Hall–Kier alpha value is -2.89. The van der Waals surface area contributed by atoms with Gasteiger partial charge in [0, 0.05) is 0 Å². The molecule has 25 heavy (non-hydrogen) atoms. The van der Waals surface area contributed by atoms with E-state index in [4.69, 9.17) is 4.74 Å². The number of aryl methyl sites for hydroxylation is 2. The first-order valence-corrected chi connectivity index (χ1v) is 8.20. The zero-order chi connectivity index (χ0) is 18.0. The van der Waals surface area contributed by atoms with E-state index in [1.807, 2.05) is 35.0 Å². The van der Waals surface area contributed by atoms with Crippen LogP contribution in [-0.2, 0) is 5.54 Å². The highest BCUT2D eigenvalue weighted by atomic mass is 16.5. The number of tetrazole rings is 1. The normalized spacial score (nSPS) is 11.4. The Balaban J connectivity index is 2.04. The van der Waals surface area contributed by atoms with E-state index >= 15 is 0 Å². The second kappa shape index (κ2) is 6.55. The van der Waals surface area contributed by atoms with Gasteiger partial charge in [-0.3, -0.25) is 0 Å². The Labute approximate surface area is 147 Å². The third-order valence-electron chi connectivity index (χ3n) is 4.23. The number of aromatic nitrogens is 4. The smallest absolute Gasteiger partial charge is 0.181 e. The van der Waals surface area contributed by atoms with Gasteiger partial charge in [0.05, 0.1) is 24.0 Å². The predicted octanol–water partition coefficient (Wildman–Crippen LogP) is 3.63. The number of nitrogens with one attached hydrogen (secondary N) is 1. The Kier molecular flexibility index (Phi) is 4.44.